The molecule has 1 aliphatic heterocycles. The van der Waals surface area contributed by atoms with Gasteiger partial charge in [0.05, 0.1) is 6.54 Å². The fourth-order valence-corrected chi connectivity index (χ4v) is 2.87. The molecule has 2 heterocycles. The van der Waals surface area contributed by atoms with E-state index in [1.807, 2.05) is 0 Å². The van der Waals surface area contributed by atoms with Crippen LogP contribution >= 0.6 is 0 Å². The molecule has 1 saturated heterocycles. The fraction of sp³-hybridized carbons (Fsp3) is 0.500. The lowest BCUT2D eigenvalue weighted by Gasteiger charge is -2.15. The van der Waals surface area contributed by atoms with Crippen molar-refractivity contribution in [2.24, 2.45) is 0 Å². The number of halogens is 1. The van der Waals surface area contributed by atoms with Crippen LogP contribution in [0, 0.1) is 17.7 Å². The van der Waals surface area contributed by atoms with Gasteiger partial charge in [0.2, 0.25) is 0 Å². The third-order valence-corrected chi connectivity index (χ3v) is 4.35. The van der Waals surface area contributed by atoms with Gasteiger partial charge in [-0.25, -0.2) is 14.9 Å². The third-order valence-electron chi connectivity index (χ3n) is 4.35. The average Bonchev–Trinajstić information content (AvgIpc) is 3.12. The van der Waals surface area contributed by atoms with Crippen LogP contribution in [0.3, 0.4) is 0 Å². The van der Waals surface area contributed by atoms with Gasteiger partial charge in [0.15, 0.2) is 11.6 Å². The molecule has 146 valence electrons. The summed E-state index contributed by atoms with van der Waals surface area (Å²) in [7, 11) is 0. The van der Waals surface area contributed by atoms with E-state index in [0.717, 1.165) is 45.0 Å². The standard InChI is InChI=1S/C20H27FN4O2/c1-2-3-4-5-6-7-11-25-12-10-17(15-25)23-20-18(21)13-16(14-22-20)8-9-19(26)24-27/h8-9,13-14,17,27H,2-5,10-12,15H2,1H3,(H,22,23)(H,24,26)/b9-8+/t17-/m1/s1. The van der Waals surface area contributed by atoms with E-state index in [4.69, 9.17) is 5.21 Å². The van der Waals surface area contributed by atoms with Crippen molar-refractivity contribution in [2.45, 2.75) is 45.1 Å². The van der Waals surface area contributed by atoms with E-state index in [1.54, 1.807) is 0 Å². The normalized spacial score (nSPS) is 16.9. The van der Waals surface area contributed by atoms with E-state index in [-0.39, 0.29) is 11.9 Å². The Hall–Kier alpha value is -2.43. The van der Waals surface area contributed by atoms with Gasteiger partial charge >= 0.3 is 0 Å². The first-order valence-electron chi connectivity index (χ1n) is 9.34. The van der Waals surface area contributed by atoms with Crippen molar-refractivity contribution in [3.8, 4) is 11.8 Å². The molecule has 0 aliphatic carbocycles. The van der Waals surface area contributed by atoms with Crippen molar-refractivity contribution in [3.63, 3.8) is 0 Å². The SMILES string of the molecule is CCCCCC#CCN1CC[C@@H](Nc2ncc(/C=C/C(=O)NO)cc2F)C1. The number of aromatic nitrogens is 1. The van der Waals surface area contributed by atoms with Crippen LogP contribution in [0.15, 0.2) is 18.3 Å². The first kappa shape index (κ1) is 20.9. The number of hydroxylamine groups is 1. The molecular formula is C20H27FN4O2. The number of nitrogens with zero attached hydrogens (tertiary/aromatic N) is 2. The minimum Gasteiger partial charge on any atom is -0.364 e. The minimum atomic E-state index is -0.683. The molecule has 0 unspecified atom stereocenters. The number of amides is 1. The van der Waals surface area contributed by atoms with Crippen molar-refractivity contribution in [3.05, 3.63) is 29.7 Å². The highest BCUT2D eigenvalue weighted by Crippen LogP contribution is 2.18. The van der Waals surface area contributed by atoms with Crippen LogP contribution in [0.1, 0.15) is 44.6 Å². The second kappa shape index (κ2) is 11.3. The second-order valence-electron chi connectivity index (χ2n) is 6.58. The molecule has 1 aliphatic rings. The number of carbonyl (C=O) groups is 1. The largest absolute Gasteiger partial charge is 0.364 e. The summed E-state index contributed by atoms with van der Waals surface area (Å²) in [6, 6.07) is 1.43. The summed E-state index contributed by atoms with van der Waals surface area (Å²) < 4.78 is 14.2. The average molecular weight is 374 g/mol. The maximum atomic E-state index is 14.2. The maximum Gasteiger partial charge on any atom is 0.267 e. The molecule has 27 heavy (non-hydrogen) atoms. The van der Waals surface area contributed by atoms with Crippen LogP contribution in [0.5, 0.6) is 0 Å². The Morgan fingerprint density at radius 3 is 3.07 bits per heavy atom. The summed E-state index contributed by atoms with van der Waals surface area (Å²) in [5.74, 6) is 5.48. The molecule has 3 N–H and O–H groups in total. The van der Waals surface area contributed by atoms with Crippen LogP contribution < -0.4 is 10.8 Å². The van der Waals surface area contributed by atoms with Crippen LogP contribution in [0.4, 0.5) is 10.2 Å². The first-order valence-corrected chi connectivity index (χ1v) is 9.34. The molecule has 1 aromatic rings. The van der Waals surface area contributed by atoms with Crippen molar-refractivity contribution >= 4 is 17.8 Å². The number of pyridine rings is 1. The van der Waals surface area contributed by atoms with Gasteiger partial charge in [-0.05, 0) is 30.5 Å². The van der Waals surface area contributed by atoms with Crippen molar-refractivity contribution < 1.29 is 14.4 Å². The predicted molar refractivity (Wildman–Crippen MR) is 104 cm³/mol. The number of unbranched alkanes of at least 4 members (excludes halogenated alkanes) is 3. The molecule has 0 spiro atoms. The molecule has 0 bridgehead atoms. The number of carbonyl (C=O) groups excluding carboxylic acids is 1. The zero-order valence-corrected chi connectivity index (χ0v) is 15.7. The fourth-order valence-electron chi connectivity index (χ4n) is 2.87. The lowest BCUT2D eigenvalue weighted by atomic mass is 10.2. The molecule has 1 amide bonds. The molecule has 1 fully saturated rings. The predicted octanol–water partition coefficient (Wildman–Crippen LogP) is 2.81. The van der Waals surface area contributed by atoms with E-state index < -0.39 is 11.7 Å². The summed E-state index contributed by atoms with van der Waals surface area (Å²) in [5.41, 5.74) is 1.91. The molecule has 6 nitrogen and oxygen atoms in total. The number of hydrogen-bond acceptors (Lipinski definition) is 5. The van der Waals surface area contributed by atoms with E-state index in [2.05, 4.69) is 34.0 Å². The Bertz CT molecular complexity index is 712. The third kappa shape index (κ3) is 7.37. The van der Waals surface area contributed by atoms with Crippen LogP contribution in [0.25, 0.3) is 6.08 Å². The van der Waals surface area contributed by atoms with Crippen LogP contribution in [-0.2, 0) is 4.79 Å². The van der Waals surface area contributed by atoms with Gasteiger partial charge in [0, 0.05) is 37.8 Å². The quantitative estimate of drug-likeness (QED) is 0.214. The van der Waals surface area contributed by atoms with Gasteiger partial charge in [-0.1, -0.05) is 25.7 Å². The van der Waals surface area contributed by atoms with Gasteiger partial charge in [-0.3, -0.25) is 14.9 Å². The Kier molecular flexibility index (Phi) is 8.75. The number of likely N-dealkylation sites (tertiary alicyclic amines) is 1. The van der Waals surface area contributed by atoms with Crippen LogP contribution in [-0.4, -0.2) is 46.7 Å². The lowest BCUT2D eigenvalue weighted by molar-refractivity contribution is -0.124. The number of anilines is 1. The summed E-state index contributed by atoms with van der Waals surface area (Å²) in [6.45, 7) is 4.67. The van der Waals surface area contributed by atoms with E-state index in [0.29, 0.717) is 5.56 Å². The summed E-state index contributed by atoms with van der Waals surface area (Å²) >= 11 is 0. The topological polar surface area (TPSA) is 77.5 Å². The molecule has 1 atom stereocenters. The lowest BCUT2D eigenvalue weighted by Crippen LogP contribution is -2.27. The Morgan fingerprint density at radius 2 is 2.33 bits per heavy atom. The highest BCUT2D eigenvalue weighted by Gasteiger charge is 2.22. The van der Waals surface area contributed by atoms with Gasteiger partial charge in [-0.15, -0.1) is 5.92 Å². The van der Waals surface area contributed by atoms with E-state index in [1.165, 1.54) is 36.7 Å². The zero-order valence-electron chi connectivity index (χ0n) is 15.7. The van der Waals surface area contributed by atoms with Gasteiger partial charge in [0.25, 0.3) is 5.91 Å². The molecular weight excluding hydrogens is 347 g/mol. The molecule has 2 rings (SSSR count). The van der Waals surface area contributed by atoms with Crippen molar-refractivity contribution in [2.75, 3.05) is 25.0 Å². The smallest absolute Gasteiger partial charge is 0.267 e. The Morgan fingerprint density at radius 1 is 1.48 bits per heavy atom. The number of hydrogen-bond donors (Lipinski definition) is 3. The van der Waals surface area contributed by atoms with Crippen molar-refractivity contribution in [1.29, 1.82) is 0 Å². The molecule has 0 aromatic carbocycles. The maximum absolute atomic E-state index is 14.2. The molecule has 0 saturated carbocycles. The first-order chi connectivity index (χ1) is 13.1. The Labute approximate surface area is 159 Å². The van der Waals surface area contributed by atoms with Gasteiger partial charge in [0.1, 0.15) is 0 Å². The van der Waals surface area contributed by atoms with E-state index in [9.17, 15) is 9.18 Å². The highest BCUT2D eigenvalue weighted by atomic mass is 19.1. The van der Waals surface area contributed by atoms with Crippen molar-refractivity contribution in [1.82, 2.24) is 15.4 Å². The summed E-state index contributed by atoms with van der Waals surface area (Å²) in [6.07, 6.45) is 9.42. The monoisotopic (exact) mass is 374 g/mol. The summed E-state index contributed by atoms with van der Waals surface area (Å²) in [5, 5.41) is 11.6. The second-order valence-corrected chi connectivity index (χ2v) is 6.58. The molecule has 0 radical (unpaired) electrons. The highest BCUT2D eigenvalue weighted by molar-refractivity contribution is 5.90. The Balaban J connectivity index is 1.80. The van der Waals surface area contributed by atoms with E-state index >= 15 is 0 Å². The number of rotatable bonds is 8. The minimum absolute atomic E-state index is 0.135. The zero-order chi connectivity index (χ0) is 19.5. The number of nitrogens with one attached hydrogen (secondary N) is 2. The summed E-state index contributed by atoms with van der Waals surface area (Å²) in [4.78, 5) is 17.3. The van der Waals surface area contributed by atoms with Gasteiger partial charge < -0.3 is 5.32 Å². The van der Waals surface area contributed by atoms with Gasteiger partial charge in [-0.2, -0.15) is 0 Å². The molecule has 7 heteroatoms. The molecule has 1 aromatic heterocycles. The van der Waals surface area contributed by atoms with Crippen LogP contribution in [0.2, 0.25) is 0 Å².